The molecule has 1 aliphatic carbocycles. The van der Waals surface area contributed by atoms with E-state index in [1.807, 2.05) is 0 Å². The third-order valence-electron chi connectivity index (χ3n) is 1.93. The second-order valence-corrected chi connectivity index (χ2v) is 2.84. The molecule has 0 heterocycles. The van der Waals surface area contributed by atoms with Gasteiger partial charge in [0.05, 0.1) is 6.26 Å². The van der Waals surface area contributed by atoms with Crippen LogP contribution in [0.3, 0.4) is 0 Å². The smallest absolute Gasteiger partial charge is 0.328 e. The van der Waals surface area contributed by atoms with Crippen molar-refractivity contribution in [2.24, 2.45) is 0 Å². The lowest BCUT2D eigenvalue weighted by Gasteiger charge is -2.13. The average Bonchev–Trinajstić information content (AvgIpc) is 2.08. The number of aliphatic hydroxyl groups excluding tert-OH is 1. The van der Waals surface area contributed by atoms with Crippen molar-refractivity contribution in [2.75, 3.05) is 0 Å². The Bertz CT molecular complexity index is 299. The third-order valence-corrected chi connectivity index (χ3v) is 1.93. The summed E-state index contributed by atoms with van der Waals surface area (Å²) in [6.45, 7) is 0. The van der Waals surface area contributed by atoms with Gasteiger partial charge in [0, 0.05) is 17.2 Å². The topological polar surface area (TPSA) is 74.6 Å². The molecule has 1 rings (SSSR count). The fourth-order valence-electron chi connectivity index (χ4n) is 1.31. The van der Waals surface area contributed by atoms with Gasteiger partial charge >= 0.3 is 5.97 Å². The van der Waals surface area contributed by atoms with E-state index in [2.05, 4.69) is 0 Å². The lowest BCUT2D eigenvalue weighted by atomic mass is 9.89. The Morgan fingerprint density at radius 1 is 1.31 bits per heavy atom. The second kappa shape index (κ2) is 3.89. The molecule has 0 aliphatic heterocycles. The summed E-state index contributed by atoms with van der Waals surface area (Å²) >= 11 is 0. The molecule has 4 nitrogen and oxygen atoms in total. The largest absolute Gasteiger partial charge is 0.515 e. The first-order chi connectivity index (χ1) is 6.15. The van der Waals surface area contributed by atoms with E-state index in [1.54, 1.807) is 0 Å². The Kier molecular flexibility index (Phi) is 2.84. The Morgan fingerprint density at radius 2 is 1.92 bits per heavy atom. The molecule has 0 aromatic rings. The predicted octanol–water partition coefficient (Wildman–Crippen LogP) is 1.19. The van der Waals surface area contributed by atoms with E-state index in [-0.39, 0.29) is 11.4 Å². The maximum absolute atomic E-state index is 11.3. The van der Waals surface area contributed by atoms with Crippen molar-refractivity contribution in [1.29, 1.82) is 0 Å². The van der Waals surface area contributed by atoms with Crippen LogP contribution in [0.5, 0.6) is 0 Å². The first-order valence-corrected chi connectivity index (χ1v) is 3.96. The van der Waals surface area contributed by atoms with Crippen LogP contribution in [0.15, 0.2) is 23.5 Å². The van der Waals surface area contributed by atoms with Gasteiger partial charge in [-0.2, -0.15) is 0 Å². The summed E-state index contributed by atoms with van der Waals surface area (Å²) in [7, 11) is 0. The van der Waals surface area contributed by atoms with Crippen LogP contribution in [-0.2, 0) is 9.59 Å². The number of aliphatic hydroxyl groups is 1. The molecule has 70 valence electrons. The van der Waals surface area contributed by atoms with E-state index in [0.29, 0.717) is 24.8 Å². The monoisotopic (exact) mass is 182 g/mol. The number of Topliss-reactive ketones (excluding diaryl/α,β-unsaturated/α-hetero) is 1. The van der Waals surface area contributed by atoms with E-state index >= 15 is 0 Å². The molecule has 0 radical (unpaired) electrons. The van der Waals surface area contributed by atoms with Crippen molar-refractivity contribution in [1.82, 2.24) is 0 Å². The van der Waals surface area contributed by atoms with Crippen LogP contribution in [-0.4, -0.2) is 22.0 Å². The SMILES string of the molecule is O=C(O)/C=C1\CCC/C(=C\O)C1=O. The zero-order valence-electron chi connectivity index (χ0n) is 6.99. The fourth-order valence-corrected chi connectivity index (χ4v) is 1.31. The van der Waals surface area contributed by atoms with Gasteiger partial charge in [-0.3, -0.25) is 4.79 Å². The van der Waals surface area contributed by atoms with Crippen LogP contribution < -0.4 is 0 Å². The molecule has 1 fully saturated rings. The summed E-state index contributed by atoms with van der Waals surface area (Å²) in [6.07, 6.45) is 3.37. The van der Waals surface area contributed by atoms with Crippen LogP contribution in [0.1, 0.15) is 19.3 Å². The molecule has 0 bridgehead atoms. The van der Waals surface area contributed by atoms with Gasteiger partial charge in [-0.15, -0.1) is 0 Å². The fraction of sp³-hybridized carbons (Fsp3) is 0.333. The molecule has 1 aliphatic rings. The molecular weight excluding hydrogens is 172 g/mol. The Labute approximate surface area is 75.2 Å². The molecule has 2 N–H and O–H groups in total. The predicted molar refractivity (Wildman–Crippen MR) is 45.3 cm³/mol. The van der Waals surface area contributed by atoms with Crippen molar-refractivity contribution >= 4 is 11.8 Å². The van der Waals surface area contributed by atoms with Gasteiger partial charge in [0.15, 0.2) is 5.78 Å². The Morgan fingerprint density at radius 3 is 2.46 bits per heavy atom. The highest BCUT2D eigenvalue weighted by molar-refractivity contribution is 6.11. The molecule has 1 saturated carbocycles. The van der Waals surface area contributed by atoms with Gasteiger partial charge in [0.25, 0.3) is 0 Å². The van der Waals surface area contributed by atoms with Crippen molar-refractivity contribution in [3.63, 3.8) is 0 Å². The molecule has 0 spiro atoms. The minimum absolute atomic E-state index is 0.263. The van der Waals surface area contributed by atoms with E-state index in [9.17, 15) is 9.59 Å². The number of allylic oxidation sites excluding steroid dienone is 2. The van der Waals surface area contributed by atoms with Gasteiger partial charge in [0.2, 0.25) is 0 Å². The van der Waals surface area contributed by atoms with Crippen molar-refractivity contribution in [2.45, 2.75) is 19.3 Å². The summed E-state index contributed by atoms with van der Waals surface area (Å²) in [5, 5.41) is 17.1. The van der Waals surface area contributed by atoms with Gasteiger partial charge in [-0.25, -0.2) is 4.79 Å². The maximum Gasteiger partial charge on any atom is 0.328 e. The van der Waals surface area contributed by atoms with E-state index in [4.69, 9.17) is 10.2 Å². The molecular formula is C9H10O4. The molecule has 0 aromatic carbocycles. The summed E-state index contributed by atoms with van der Waals surface area (Å²) in [4.78, 5) is 21.6. The summed E-state index contributed by atoms with van der Waals surface area (Å²) in [5.41, 5.74) is 0.554. The Balaban J connectivity index is 2.89. The molecule has 4 heteroatoms. The zero-order valence-corrected chi connectivity index (χ0v) is 6.99. The quantitative estimate of drug-likeness (QED) is 0.472. The molecule has 0 atom stereocenters. The zero-order chi connectivity index (χ0) is 9.84. The summed E-state index contributed by atoms with van der Waals surface area (Å²) in [6, 6.07) is 0. The number of ketones is 1. The number of aliphatic carboxylic acids is 1. The van der Waals surface area contributed by atoms with Gasteiger partial charge in [0.1, 0.15) is 0 Å². The number of carbonyl (C=O) groups excluding carboxylic acids is 1. The molecule has 0 unspecified atom stereocenters. The highest BCUT2D eigenvalue weighted by Gasteiger charge is 2.21. The van der Waals surface area contributed by atoms with Gasteiger partial charge in [-0.1, -0.05) is 0 Å². The number of carboxylic acids is 1. The molecule has 13 heavy (non-hydrogen) atoms. The van der Waals surface area contributed by atoms with E-state index in [0.717, 1.165) is 12.3 Å². The lowest BCUT2D eigenvalue weighted by molar-refractivity contribution is -0.131. The van der Waals surface area contributed by atoms with Crippen molar-refractivity contribution in [3.8, 4) is 0 Å². The van der Waals surface area contributed by atoms with Crippen LogP contribution in [0.25, 0.3) is 0 Å². The van der Waals surface area contributed by atoms with E-state index in [1.165, 1.54) is 0 Å². The standard InChI is InChI=1S/C9H10O4/c10-5-7-3-1-2-6(9(7)13)4-8(11)12/h4-5,10H,1-3H2,(H,11,12)/b6-4+,7-5+. The first kappa shape index (κ1) is 9.51. The number of hydrogen-bond donors (Lipinski definition) is 2. The minimum atomic E-state index is -1.12. The lowest BCUT2D eigenvalue weighted by Crippen LogP contribution is -2.13. The normalized spacial score (nSPS) is 23.8. The molecule has 0 amide bonds. The Hall–Kier alpha value is -1.58. The van der Waals surface area contributed by atoms with Crippen LogP contribution in [0.4, 0.5) is 0 Å². The summed E-state index contributed by atoms with van der Waals surface area (Å²) in [5.74, 6) is -1.47. The van der Waals surface area contributed by atoms with E-state index < -0.39 is 5.97 Å². The van der Waals surface area contributed by atoms with Crippen molar-refractivity contribution < 1.29 is 19.8 Å². The highest BCUT2D eigenvalue weighted by atomic mass is 16.4. The number of carboxylic acid groups (broad SMARTS) is 1. The first-order valence-electron chi connectivity index (χ1n) is 3.96. The van der Waals surface area contributed by atoms with Crippen LogP contribution in [0.2, 0.25) is 0 Å². The molecule has 0 saturated heterocycles. The van der Waals surface area contributed by atoms with Crippen LogP contribution in [0, 0.1) is 0 Å². The number of carbonyl (C=O) groups is 2. The number of rotatable bonds is 1. The number of hydrogen-bond acceptors (Lipinski definition) is 3. The maximum atomic E-state index is 11.3. The third kappa shape index (κ3) is 2.18. The average molecular weight is 182 g/mol. The minimum Gasteiger partial charge on any atom is -0.515 e. The highest BCUT2D eigenvalue weighted by Crippen LogP contribution is 2.23. The van der Waals surface area contributed by atoms with Gasteiger partial charge in [-0.05, 0) is 19.3 Å². The summed E-state index contributed by atoms with van der Waals surface area (Å²) < 4.78 is 0. The van der Waals surface area contributed by atoms with Crippen molar-refractivity contribution in [3.05, 3.63) is 23.5 Å². The second-order valence-electron chi connectivity index (χ2n) is 2.84. The van der Waals surface area contributed by atoms with Gasteiger partial charge < -0.3 is 10.2 Å². The molecule has 0 aromatic heterocycles. The van der Waals surface area contributed by atoms with Crippen LogP contribution >= 0.6 is 0 Å².